The van der Waals surface area contributed by atoms with Gasteiger partial charge in [0.1, 0.15) is 11.4 Å². The van der Waals surface area contributed by atoms with Crippen LogP contribution in [-0.4, -0.2) is 42.0 Å². The Morgan fingerprint density at radius 2 is 1.96 bits per heavy atom. The number of rotatable bonds is 2. The van der Waals surface area contributed by atoms with E-state index < -0.39 is 5.82 Å². The van der Waals surface area contributed by atoms with E-state index in [0.717, 1.165) is 5.39 Å². The molecule has 4 rings (SSSR count). The third kappa shape index (κ3) is 3.38. The monoisotopic (exact) mass is 428 g/mol. The number of hydrogen-bond acceptors (Lipinski definition) is 5. The molecule has 2 aromatic heterocycles. The van der Waals surface area contributed by atoms with Gasteiger partial charge in [0.15, 0.2) is 10.3 Å². The lowest BCUT2D eigenvalue weighted by Gasteiger charge is -2.36. The quantitative estimate of drug-likeness (QED) is 0.623. The summed E-state index contributed by atoms with van der Waals surface area (Å²) in [7, 11) is 0. The summed E-state index contributed by atoms with van der Waals surface area (Å²) in [5, 5.41) is 9.77. The number of nitrogens with zero attached hydrogens (tertiary/aromatic N) is 4. The SMILES string of the molecule is N#Cc1cc(F)cc(N2CCN(C(=O)c3cncc4cc(Br)oc34)CC2)c1. The van der Waals surface area contributed by atoms with Gasteiger partial charge in [-0.1, -0.05) is 0 Å². The molecule has 0 bridgehead atoms. The lowest BCUT2D eigenvalue weighted by atomic mass is 10.1. The van der Waals surface area contributed by atoms with E-state index in [1.165, 1.54) is 18.3 Å². The Bertz CT molecular complexity index is 1070. The van der Waals surface area contributed by atoms with E-state index in [0.29, 0.717) is 47.7 Å². The number of pyridine rings is 1. The van der Waals surface area contributed by atoms with Gasteiger partial charge >= 0.3 is 0 Å². The van der Waals surface area contributed by atoms with E-state index in [9.17, 15) is 9.18 Å². The van der Waals surface area contributed by atoms with Crippen LogP contribution in [0.2, 0.25) is 0 Å². The van der Waals surface area contributed by atoms with Gasteiger partial charge in [0, 0.05) is 55.7 Å². The molecule has 1 aromatic carbocycles. The molecule has 3 aromatic rings. The highest BCUT2D eigenvalue weighted by Crippen LogP contribution is 2.27. The predicted octanol–water partition coefficient (Wildman–Crippen LogP) is 3.56. The Balaban J connectivity index is 1.51. The second-order valence-corrected chi connectivity index (χ2v) is 7.03. The number of halogens is 2. The van der Waals surface area contributed by atoms with Crippen molar-refractivity contribution in [2.75, 3.05) is 31.1 Å². The lowest BCUT2D eigenvalue weighted by Crippen LogP contribution is -2.48. The average Bonchev–Trinajstić information content (AvgIpc) is 3.07. The topological polar surface area (TPSA) is 73.4 Å². The van der Waals surface area contributed by atoms with Gasteiger partial charge in [-0.05, 0) is 34.1 Å². The van der Waals surface area contributed by atoms with Crippen LogP contribution in [0.1, 0.15) is 15.9 Å². The number of amides is 1. The van der Waals surface area contributed by atoms with Crippen molar-refractivity contribution in [2.45, 2.75) is 0 Å². The van der Waals surface area contributed by atoms with Gasteiger partial charge in [-0.25, -0.2) is 4.39 Å². The van der Waals surface area contributed by atoms with Crippen molar-refractivity contribution in [1.82, 2.24) is 9.88 Å². The molecule has 0 unspecified atom stereocenters. The van der Waals surface area contributed by atoms with Gasteiger partial charge in [-0.15, -0.1) is 0 Å². The Hall–Kier alpha value is -2.92. The molecular formula is C19H14BrFN4O2. The van der Waals surface area contributed by atoms with Crippen LogP contribution < -0.4 is 4.90 Å². The van der Waals surface area contributed by atoms with Crippen molar-refractivity contribution < 1.29 is 13.6 Å². The first-order chi connectivity index (χ1) is 13.0. The fourth-order valence-corrected chi connectivity index (χ4v) is 3.65. The van der Waals surface area contributed by atoms with E-state index in [2.05, 4.69) is 20.9 Å². The van der Waals surface area contributed by atoms with Crippen molar-refractivity contribution in [1.29, 1.82) is 5.26 Å². The summed E-state index contributed by atoms with van der Waals surface area (Å²) in [6.45, 7) is 2.06. The molecule has 6 nitrogen and oxygen atoms in total. The standard InChI is InChI=1S/C19H14BrFN4O2/c20-17-7-13-10-23-11-16(18(13)27-17)19(26)25-3-1-24(2-4-25)15-6-12(9-22)5-14(21)8-15/h5-8,10-11H,1-4H2. The van der Waals surface area contributed by atoms with Crippen molar-refractivity contribution in [3.05, 3.63) is 58.3 Å². The second-order valence-electron chi connectivity index (χ2n) is 6.25. The molecule has 136 valence electrons. The molecule has 1 aliphatic heterocycles. The molecule has 1 aliphatic rings. The Labute approximate surface area is 162 Å². The largest absolute Gasteiger partial charge is 0.448 e. The molecule has 27 heavy (non-hydrogen) atoms. The molecule has 1 fully saturated rings. The summed E-state index contributed by atoms with van der Waals surface area (Å²) in [6.07, 6.45) is 3.16. The zero-order chi connectivity index (χ0) is 19.0. The first-order valence-electron chi connectivity index (χ1n) is 8.33. The van der Waals surface area contributed by atoms with E-state index in [1.807, 2.05) is 11.0 Å². The molecule has 3 heterocycles. The molecule has 1 amide bonds. The maximum Gasteiger partial charge on any atom is 0.259 e. The Kier molecular flexibility index (Phi) is 4.54. The number of anilines is 1. The molecule has 1 saturated heterocycles. The zero-order valence-corrected chi connectivity index (χ0v) is 15.7. The van der Waals surface area contributed by atoms with Crippen LogP contribution in [0, 0.1) is 17.1 Å². The molecule has 0 spiro atoms. The van der Waals surface area contributed by atoms with E-state index in [4.69, 9.17) is 9.68 Å². The molecule has 0 N–H and O–H groups in total. The molecule has 0 radical (unpaired) electrons. The lowest BCUT2D eigenvalue weighted by molar-refractivity contribution is 0.0747. The first kappa shape index (κ1) is 17.5. The van der Waals surface area contributed by atoms with Gasteiger partial charge in [0.25, 0.3) is 5.91 Å². The minimum absolute atomic E-state index is 0.147. The van der Waals surface area contributed by atoms with Gasteiger partial charge in [-0.2, -0.15) is 5.26 Å². The smallest absolute Gasteiger partial charge is 0.259 e. The van der Waals surface area contributed by atoms with Crippen LogP contribution in [0.25, 0.3) is 11.0 Å². The van der Waals surface area contributed by atoms with Gasteiger partial charge < -0.3 is 14.2 Å². The number of nitriles is 1. The van der Waals surface area contributed by atoms with Gasteiger partial charge in [0.05, 0.1) is 11.6 Å². The van der Waals surface area contributed by atoms with Crippen LogP contribution in [0.3, 0.4) is 0 Å². The maximum atomic E-state index is 13.7. The van der Waals surface area contributed by atoms with Crippen LogP contribution in [0.5, 0.6) is 0 Å². The number of piperazine rings is 1. The van der Waals surface area contributed by atoms with Crippen molar-refractivity contribution in [2.24, 2.45) is 0 Å². The highest BCUT2D eigenvalue weighted by Gasteiger charge is 2.25. The van der Waals surface area contributed by atoms with Crippen LogP contribution in [-0.2, 0) is 0 Å². The number of carbonyl (C=O) groups is 1. The van der Waals surface area contributed by atoms with Gasteiger partial charge in [0.2, 0.25) is 0 Å². The third-order valence-electron chi connectivity index (χ3n) is 4.57. The zero-order valence-electron chi connectivity index (χ0n) is 14.2. The van der Waals surface area contributed by atoms with Crippen molar-refractivity contribution >= 4 is 38.5 Å². The van der Waals surface area contributed by atoms with Crippen LogP contribution >= 0.6 is 15.9 Å². The Morgan fingerprint density at radius 3 is 2.70 bits per heavy atom. The number of benzene rings is 1. The molecule has 0 saturated carbocycles. The van der Waals surface area contributed by atoms with Crippen molar-refractivity contribution in [3.8, 4) is 6.07 Å². The number of furan rings is 1. The van der Waals surface area contributed by atoms with Crippen LogP contribution in [0.4, 0.5) is 10.1 Å². The molecular weight excluding hydrogens is 415 g/mol. The minimum atomic E-state index is -0.441. The summed E-state index contributed by atoms with van der Waals surface area (Å²) < 4.78 is 19.8. The Morgan fingerprint density at radius 1 is 1.19 bits per heavy atom. The fourth-order valence-electron chi connectivity index (χ4n) is 3.24. The predicted molar refractivity (Wildman–Crippen MR) is 101 cm³/mol. The van der Waals surface area contributed by atoms with E-state index >= 15 is 0 Å². The number of aromatic nitrogens is 1. The first-order valence-corrected chi connectivity index (χ1v) is 9.12. The summed E-state index contributed by atoms with van der Waals surface area (Å²) in [5.41, 5.74) is 1.86. The van der Waals surface area contributed by atoms with Crippen LogP contribution in [0.15, 0.2) is 45.7 Å². The fraction of sp³-hybridized carbons (Fsp3) is 0.211. The maximum absolute atomic E-state index is 13.7. The summed E-state index contributed by atoms with van der Waals surface area (Å²) in [6, 6.07) is 8.01. The van der Waals surface area contributed by atoms with E-state index in [1.54, 1.807) is 23.2 Å². The number of hydrogen-bond donors (Lipinski definition) is 0. The molecule has 8 heteroatoms. The van der Waals surface area contributed by atoms with Crippen molar-refractivity contribution in [3.63, 3.8) is 0 Å². The highest BCUT2D eigenvalue weighted by atomic mass is 79.9. The van der Waals surface area contributed by atoms with Gasteiger partial charge in [-0.3, -0.25) is 9.78 Å². The summed E-state index contributed by atoms with van der Waals surface area (Å²) >= 11 is 3.28. The average molecular weight is 429 g/mol. The second kappa shape index (κ2) is 7.00. The number of carbonyl (C=O) groups excluding carboxylic acids is 1. The van der Waals surface area contributed by atoms with E-state index in [-0.39, 0.29) is 11.5 Å². The third-order valence-corrected chi connectivity index (χ3v) is 4.96. The summed E-state index contributed by atoms with van der Waals surface area (Å²) in [4.78, 5) is 20.7. The molecule has 0 aliphatic carbocycles. The summed E-state index contributed by atoms with van der Waals surface area (Å²) in [5.74, 6) is -0.588. The highest BCUT2D eigenvalue weighted by molar-refractivity contribution is 9.10. The normalized spacial score (nSPS) is 14.4. The minimum Gasteiger partial charge on any atom is -0.448 e. The molecule has 0 atom stereocenters. The number of fused-ring (bicyclic) bond motifs is 1.